The quantitative estimate of drug-likeness (QED) is 0.895. The molecule has 1 N–H and O–H groups in total. The predicted molar refractivity (Wildman–Crippen MR) is 76.0 cm³/mol. The van der Waals surface area contributed by atoms with Gasteiger partial charge in [-0.3, -0.25) is 4.79 Å². The molecule has 1 unspecified atom stereocenters. The summed E-state index contributed by atoms with van der Waals surface area (Å²) in [5.41, 5.74) is 2.28. The van der Waals surface area contributed by atoms with Gasteiger partial charge < -0.3 is 5.32 Å². The maximum absolute atomic E-state index is 11.4. The lowest BCUT2D eigenvalue weighted by atomic mass is 10.2. The number of fused-ring (bicyclic) bond motifs is 1. The van der Waals surface area contributed by atoms with Crippen molar-refractivity contribution in [1.29, 1.82) is 0 Å². The summed E-state index contributed by atoms with van der Waals surface area (Å²) in [6.45, 7) is 1.90. The van der Waals surface area contributed by atoms with E-state index in [1.54, 1.807) is 18.8 Å². The number of benzene rings is 1. The van der Waals surface area contributed by atoms with E-state index in [2.05, 4.69) is 16.4 Å². The van der Waals surface area contributed by atoms with Crippen LogP contribution >= 0.6 is 23.5 Å². The number of amides is 1. The fraction of sp³-hybridized carbons (Fsp3) is 0.333. The minimum atomic E-state index is -0.100. The number of rotatable bonds is 2. The highest BCUT2D eigenvalue weighted by atomic mass is 32.2. The highest BCUT2D eigenvalue weighted by Crippen LogP contribution is 2.35. The number of nitrogens with one attached hydrogen (secondary N) is 1. The van der Waals surface area contributed by atoms with E-state index < -0.39 is 0 Å². The first-order valence-electron chi connectivity index (χ1n) is 5.38. The summed E-state index contributed by atoms with van der Waals surface area (Å²) in [6, 6.07) is 8.12. The van der Waals surface area contributed by atoms with Crippen LogP contribution in [0.15, 0.2) is 29.3 Å². The minimum Gasteiger partial charge on any atom is -0.358 e. The minimum absolute atomic E-state index is 0.0390. The Bertz CT molecular complexity index is 460. The van der Waals surface area contributed by atoms with Crippen molar-refractivity contribution in [2.45, 2.75) is 17.9 Å². The second-order valence-corrected chi connectivity index (χ2v) is 6.22. The number of thioether (sulfide) groups is 2. The van der Waals surface area contributed by atoms with Gasteiger partial charge in [-0.1, -0.05) is 41.7 Å². The fourth-order valence-corrected chi connectivity index (χ4v) is 3.73. The molecule has 0 saturated heterocycles. The van der Waals surface area contributed by atoms with Gasteiger partial charge in [0, 0.05) is 12.8 Å². The Balaban J connectivity index is 2.10. The van der Waals surface area contributed by atoms with Crippen molar-refractivity contribution in [3.63, 3.8) is 0 Å². The van der Waals surface area contributed by atoms with E-state index in [1.807, 2.05) is 25.1 Å². The van der Waals surface area contributed by atoms with Crippen molar-refractivity contribution >= 4 is 39.5 Å². The van der Waals surface area contributed by atoms with Crippen molar-refractivity contribution in [3.8, 4) is 0 Å². The average molecular weight is 266 g/mol. The van der Waals surface area contributed by atoms with E-state index in [1.165, 1.54) is 17.3 Å². The number of carbonyl (C=O) groups is 1. The molecule has 0 spiro atoms. The van der Waals surface area contributed by atoms with Gasteiger partial charge in [0.05, 0.1) is 10.9 Å². The first kappa shape index (κ1) is 12.5. The third kappa shape index (κ3) is 3.04. The van der Waals surface area contributed by atoms with Crippen LogP contribution in [0.5, 0.6) is 0 Å². The molecule has 3 nitrogen and oxygen atoms in total. The van der Waals surface area contributed by atoms with E-state index >= 15 is 0 Å². The molecule has 1 aromatic carbocycles. The number of hydrogen-bond acceptors (Lipinski definition) is 4. The van der Waals surface area contributed by atoms with Gasteiger partial charge in [-0.2, -0.15) is 0 Å². The molecular weight excluding hydrogens is 252 g/mol. The molecule has 1 heterocycles. The summed E-state index contributed by atoms with van der Waals surface area (Å²) >= 11 is 3.21. The van der Waals surface area contributed by atoms with E-state index in [0.717, 1.165) is 15.8 Å². The van der Waals surface area contributed by atoms with E-state index in [4.69, 9.17) is 0 Å². The van der Waals surface area contributed by atoms with Crippen LogP contribution in [0.25, 0.3) is 0 Å². The fourth-order valence-electron chi connectivity index (χ4n) is 1.48. The third-order valence-electron chi connectivity index (χ3n) is 2.45. The number of aliphatic imine (C=N–C) groups is 1. The smallest absolute Gasteiger partial charge is 0.233 e. The SMILES string of the molecule is CNC(=O)C(C)SC1=Nc2ccccc2CS1. The molecule has 0 saturated carbocycles. The van der Waals surface area contributed by atoms with Gasteiger partial charge in [0.1, 0.15) is 4.38 Å². The van der Waals surface area contributed by atoms with Crippen LogP contribution in [0.1, 0.15) is 12.5 Å². The molecule has 2 rings (SSSR count). The second-order valence-electron chi connectivity index (χ2n) is 3.67. The van der Waals surface area contributed by atoms with E-state index in [-0.39, 0.29) is 11.2 Å². The Morgan fingerprint density at radius 1 is 1.53 bits per heavy atom. The molecule has 90 valence electrons. The van der Waals surface area contributed by atoms with Gasteiger partial charge >= 0.3 is 0 Å². The van der Waals surface area contributed by atoms with Crippen LogP contribution in [0.3, 0.4) is 0 Å². The molecule has 1 aliphatic heterocycles. The van der Waals surface area contributed by atoms with Crippen LogP contribution < -0.4 is 5.32 Å². The normalized spacial score (nSPS) is 15.8. The summed E-state index contributed by atoms with van der Waals surface area (Å²) in [5.74, 6) is 0.972. The summed E-state index contributed by atoms with van der Waals surface area (Å²) in [6.07, 6.45) is 0. The van der Waals surface area contributed by atoms with Crippen molar-refractivity contribution in [3.05, 3.63) is 29.8 Å². The van der Waals surface area contributed by atoms with Gasteiger partial charge in [0.25, 0.3) is 0 Å². The number of para-hydroxylation sites is 1. The van der Waals surface area contributed by atoms with Gasteiger partial charge in [0.15, 0.2) is 0 Å². The zero-order chi connectivity index (χ0) is 12.3. The van der Waals surface area contributed by atoms with Crippen molar-refractivity contribution < 1.29 is 4.79 Å². The molecule has 0 bridgehead atoms. The van der Waals surface area contributed by atoms with Gasteiger partial charge in [-0.15, -0.1) is 0 Å². The molecule has 1 atom stereocenters. The summed E-state index contributed by atoms with van der Waals surface area (Å²) in [7, 11) is 1.66. The molecule has 5 heteroatoms. The Kier molecular flexibility index (Phi) is 4.12. The maximum atomic E-state index is 11.4. The lowest BCUT2D eigenvalue weighted by Crippen LogP contribution is -2.28. The Hall–Kier alpha value is -0.940. The molecule has 0 fully saturated rings. The molecular formula is C12H14N2OS2. The summed E-state index contributed by atoms with van der Waals surface area (Å²) in [4.78, 5) is 16.0. The van der Waals surface area contributed by atoms with Gasteiger partial charge in [0.2, 0.25) is 5.91 Å². The van der Waals surface area contributed by atoms with E-state index in [9.17, 15) is 4.79 Å². The lowest BCUT2D eigenvalue weighted by Gasteiger charge is -2.16. The monoisotopic (exact) mass is 266 g/mol. The highest BCUT2D eigenvalue weighted by molar-refractivity contribution is 8.39. The zero-order valence-electron chi connectivity index (χ0n) is 9.77. The average Bonchev–Trinajstić information content (AvgIpc) is 2.37. The number of nitrogens with zero attached hydrogens (tertiary/aromatic N) is 1. The Morgan fingerprint density at radius 3 is 3.06 bits per heavy atom. The number of carbonyl (C=O) groups excluding carboxylic acids is 1. The van der Waals surface area contributed by atoms with Crippen LogP contribution in [-0.2, 0) is 10.5 Å². The zero-order valence-corrected chi connectivity index (χ0v) is 11.4. The summed E-state index contributed by atoms with van der Waals surface area (Å²) in [5, 5.41) is 2.55. The second kappa shape index (κ2) is 5.60. The topological polar surface area (TPSA) is 41.5 Å². The van der Waals surface area contributed by atoms with Crippen molar-refractivity contribution in [1.82, 2.24) is 5.32 Å². The van der Waals surface area contributed by atoms with Gasteiger partial charge in [-0.25, -0.2) is 4.99 Å². The standard InChI is InChI=1S/C12H14N2OS2/c1-8(11(15)13-2)17-12-14-10-6-4-3-5-9(10)7-16-12/h3-6,8H,7H2,1-2H3,(H,13,15). The maximum Gasteiger partial charge on any atom is 0.233 e. The molecule has 17 heavy (non-hydrogen) atoms. The Labute approximate surface area is 109 Å². The van der Waals surface area contributed by atoms with Crippen LogP contribution in [0.2, 0.25) is 0 Å². The number of hydrogen-bond donors (Lipinski definition) is 1. The molecule has 1 amide bonds. The van der Waals surface area contributed by atoms with Crippen LogP contribution in [0, 0.1) is 0 Å². The molecule has 1 aliphatic rings. The molecule has 0 aliphatic carbocycles. The first-order chi connectivity index (χ1) is 8.20. The van der Waals surface area contributed by atoms with Gasteiger partial charge in [-0.05, 0) is 18.6 Å². The summed E-state index contributed by atoms with van der Waals surface area (Å²) < 4.78 is 0.972. The molecule has 0 aromatic heterocycles. The molecule has 0 radical (unpaired) electrons. The highest BCUT2D eigenvalue weighted by Gasteiger charge is 2.18. The van der Waals surface area contributed by atoms with Crippen molar-refractivity contribution in [2.75, 3.05) is 7.05 Å². The van der Waals surface area contributed by atoms with Crippen molar-refractivity contribution in [2.24, 2.45) is 4.99 Å². The predicted octanol–water partition coefficient (Wildman–Crippen LogP) is 2.79. The largest absolute Gasteiger partial charge is 0.358 e. The van der Waals surface area contributed by atoms with E-state index in [0.29, 0.717) is 0 Å². The first-order valence-corrected chi connectivity index (χ1v) is 7.25. The lowest BCUT2D eigenvalue weighted by molar-refractivity contribution is -0.119. The van der Waals surface area contributed by atoms with Crippen LogP contribution in [0.4, 0.5) is 5.69 Å². The third-order valence-corrected chi connectivity index (χ3v) is 4.74. The van der Waals surface area contributed by atoms with Crippen LogP contribution in [-0.4, -0.2) is 22.6 Å². The molecule has 1 aromatic rings. The Morgan fingerprint density at radius 2 is 2.29 bits per heavy atom.